The van der Waals surface area contributed by atoms with Gasteiger partial charge in [0.25, 0.3) is 0 Å². The minimum absolute atomic E-state index is 0.0605. The van der Waals surface area contributed by atoms with Gasteiger partial charge < -0.3 is 0 Å². The molecule has 0 saturated heterocycles. The number of carbonyl (C=O) groups excluding carboxylic acids is 1. The van der Waals surface area contributed by atoms with Crippen LogP contribution >= 0.6 is 27.5 Å². The van der Waals surface area contributed by atoms with Gasteiger partial charge in [-0.15, -0.1) is 0 Å². The second-order valence-corrected chi connectivity index (χ2v) is 5.82. The topological polar surface area (TPSA) is 17.1 Å². The fourth-order valence-electron chi connectivity index (χ4n) is 1.43. The highest BCUT2D eigenvalue weighted by Gasteiger charge is 2.18. The molecular weight excluding hydrogens is 287 g/mol. The van der Waals surface area contributed by atoms with Crippen molar-refractivity contribution < 1.29 is 4.79 Å². The summed E-state index contributed by atoms with van der Waals surface area (Å²) in [5.41, 5.74) is 2.15. The molecule has 0 fully saturated rings. The number of hydrogen-bond donors (Lipinski definition) is 0. The number of alkyl halides is 1. The summed E-state index contributed by atoms with van der Waals surface area (Å²) in [4.78, 5) is 11.6. The number of Topliss-reactive ketones (excluding diaryl/α,β-unsaturated/α-hetero) is 1. The zero-order valence-electron chi connectivity index (χ0n) is 9.76. The van der Waals surface area contributed by atoms with Crippen molar-refractivity contribution in [2.75, 3.05) is 0 Å². The van der Waals surface area contributed by atoms with Crippen LogP contribution in [0, 0.1) is 12.8 Å². The molecule has 1 unspecified atom stereocenters. The van der Waals surface area contributed by atoms with Crippen LogP contribution in [0.4, 0.5) is 0 Å². The van der Waals surface area contributed by atoms with Gasteiger partial charge in [-0.2, -0.15) is 0 Å². The summed E-state index contributed by atoms with van der Waals surface area (Å²) in [6, 6.07) is 5.93. The van der Waals surface area contributed by atoms with Gasteiger partial charge in [0.05, 0.1) is 4.83 Å². The zero-order chi connectivity index (χ0) is 12.3. The molecule has 0 bridgehead atoms. The molecule has 0 N–H and O–H groups in total. The lowest BCUT2D eigenvalue weighted by Gasteiger charge is -2.12. The van der Waals surface area contributed by atoms with Crippen LogP contribution in [0.25, 0.3) is 0 Å². The van der Waals surface area contributed by atoms with Crippen molar-refractivity contribution in [3.05, 3.63) is 34.3 Å². The van der Waals surface area contributed by atoms with Gasteiger partial charge in [-0.05, 0) is 30.5 Å². The highest BCUT2D eigenvalue weighted by atomic mass is 79.9. The highest BCUT2D eigenvalue weighted by molar-refractivity contribution is 9.10. The minimum Gasteiger partial charge on any atom is -0.298 e. The van der Waals surface area contributed by atoms with E-state index in [-0.39, 0.29) is 16.5 Å². The number of halogens is 2. The molecule has 0 aromatic heterocycles. The van der Waals surface area contributed by atoms with E-state index < -0.39 is 0 Å². The summed E-state index contributed by atoms with van der Waals surface area (Å²) in [7, 11) is 0. The van der Waals surface area contributed by atoms with Crippen LogP contribution in [0.3, 0.4) is 0 Å². The quantitative estimate of drug-likeness (QED) is 0.763. The highest BCUT2D eigenvalue weighted by Crippen LogP contribution is 2.20. The molecule has 1 aromatic carbocycles. The molecule has 0 radical (unpaired) electrons. The molecule has 0 aliphatic rings. The summed E-state index contributed by atoms with van der Waals surface area (Å²) in [5, 5.41) is 0.759. The van der Waals surface area contributed by atoms with E-state index in [1.807, 2.05) is 39.0 Å². The Hall–Kier alpha value is -0.340. The summed E-state index contributed by atoms with van der Waals surface area (Å²) in [6.07, 6.45) is 0.691. The maximum Gasteiger partial charge on any atom is 0.149 e. The van der Waals surface area contributed by atoms with E-state index in [0.717, 1.165) is 16.1 Å². The van der Waals surface area contributed by atoms with Crippen LogP contribution in [-0.2, 0) is 11.2 Å². The van der Waals surface area contributed by atoms with Crippen LogP contribution in [0.2, 0.25) is 5.02 Å². The smallest absolute Gasteiger partial charge is 0.149 e. The Labute approximate surface area is 110 Å². The molecule has 3 heteroatoms. The number of hydrogen-bond acceptors (Lipinski definition) is 1. The van der Waals surface area contributed by atoms with Gasteiger partial charge in [-0.25, -0.2) is 0 Å². The van der Waals surface area contributed by atoms with Gasteiger partial charge in [-0.3, -0.25) is 4.79 Å². The number of aryl methyl sites for hydroxylation is 1. The lowest BCUT2D eigenvalue weighted by atomic mass is 10.0. The van der Waals surface area contributed by atoms with E-state index in [1.165, 1.54) is 0 Å². The fourth-order valence-corrected chi connectivity index (χ4v) is 2.54. The van der Waals surface area contributed by atoms with Crippen molar-refractivity contribution in [3.63, 3.8) is 0 Å². The second-order valence-electron chi connectivity index (χ2n) is 4.31. The molecule has 0 heterocycles. The predicted octanol–water partition coefficient (Wildman–Crippen LogP) is 4.18. The Morgan fingerprint density at radius 3 is 2.56 bits per heavy atom. The van der Waals surface area contributed by atoms with Crippen LogP contribution in [0.1, 0.15) is 25.0 Å². The minimum atomic E-state index is -0.119. The normalized spacial score (nSPS) is 12.9. The molecule has 0 aliphatic heterocycles. The first-order valence-electron chi connectivity index (χ1n) is 5.34. The molecule has 16 heavy (non-hydrogen) atoms. The van der Waals surface area contributed by atoms with Crippen molar-refractivity contribution in [2.24, 2.45) is 5.92 Å². The van der Waals surface area contributed by atoms with Crippen molar-refractivity contribution in [2.45, 2.75) is 32.0 Å². The van der Waals surface area contributed by atoms with E-state index in [9.17, 15) is 4.79 Å². The summed E-state index contributed by atoms with van der Waals surface area (Å²) < 4.78 is 0. The zero-order valence-corrected chi connectivity index (χ0v) is 12.1. The average molecular weight is 304 g/mol. The largest absolute Gasteiger partial charge is 0.298 e. The van der Waals surface area contributed by atoms with Crippen LogP contribution in [0.5, 0.6) is 0 Å². The first-order chi connectivity index (χ1) is 7.41. The van der Waals surface area contributed by atoms with Crippen molar-refractivity contribution in [1.82, 2.24) is 0 Å². The van der Waals surface area contributed by atoms with Gasteiger partial charge in [0.2, 0.25) is 0 Å². The van der Waals surface area contributed by atoms with Crippen molar-refractivity contribution >= 4 is 33.3 Å². The average Bonchev–Trinajstić information content (AvgIpc) is 2.22. The molecular formula is C13H16BrClO. The van der Waals surface area contributed by atoms with Crippen molar-refractivity contribution in [3.8, 4) is 0 Å². The Kier molecular flexibility index (Phi) is 5.00. The third kappa shape index (κ3) is 3.60. The monoisotopic (exact) mass is 302 g/mol. The lowest BCUT2D eigenvalue weighted by Crippen LogP contribution is -2.21. The molecule has 1 nitrogen and oxygen atoms in total. The third-order valence-corrected chi connectivity index (χ3v) is 3.71. The SMILES string of the molecule is Cc1ccc(CC(Br)C(=O)C(C)C)cc1Cl. The summed E-state index contributed by atoms with van der Waals surface area (Å²) in [5.74, 6) is 0.294. The first-order valence-corrected chi connectivity index (χ1v) is 6.64. The van der Waals surface area contributed by atoms with Crippen molar-refractivity contribution in [1.29, 1.82) is 0 Å². The summed E-state index contributed by atoms with van der Waals surface area (Å²) >= 11 is 9.47. The first kappa shape index (κ1) is 13.7. The maximum absolute atomic E-state index is 11.7. The van der Waals surface area contributed by atoms with E-state index in [1.54, 1.807) is 0 Å². The second kappa shape index (κ2) is 5.83. The Balaban J connectivity index is 2.73. The standard InChI is InChI=1S/C13H16BrClO/c1-8(2)13(16)11(14)6-10-5-4-9(3)12(15)7-10/h4-5,7-8,11H,6H2,1-3H3. The number of benzene rings is 1. The fraction of sp³-hybridized carbons (Fsp3) is 0.462. The molecule has 0 aliphatic carbocycles. The summed E-state index contributed by atoms with van der Waals surface area (Å²) in [6.45, 7) is 5.80. The van der Waals surface area contributed by atoms with Crippen LogP contribution < -0.4 is 0 Å². The molecule has 1 aromatic rings. The molecule has 0 spiro atoms. The van der Waals surface area contributed by atoms with Gasteiger partial charge in [0.1, 0.15) is 5.78 Å². The van der Waals surface area contributed by atoms with E-state index in [4.69, 9.17) is 11.6 Å². The molecule has 0 saturated carbocycles. The van der Waals surface area contributed by atoms with E-state index >= 15 is 0 Å². The van der Waals surface area contributed by atoms with E-state index in [2.05, 4.69) is 15.9 Å². The van der Waals surface area contributed by atoms with Gasteiger partial charge in [-0.1, -0.05) is 53.5 Å². The number of ketones is 1. The number of rotatable bonds is 4. The number of carbonyl (C=O) groups is 1. The maximum atomic E-state index is 11.7. The van der Waals surface area contributed by atoms with Crippen LogP contribution in [-0.4, -0.2) is 10.6 Å². The van der Waals surface area contributed by atoms with Gasteiger partial charge in [0, 0.05) is 10.9 Å². The molecule has 0 amide bonds. The van der Waals surface area contributed by atoms with Crippen LogP contribution in [0.15, 0.2) is 18.2 Å². The van der Waals surface area contributed by atoms with Gasteiger partial charge in [0.15, 0.2) is 0 Å². The van der Waals surface area contributed by atoms with Gasteiger partial charge >= 0.3 is 0 Å². The lowest BCUT2D eigenvalue weighted by molar-refractivity contribution is -0.121. The Bertz CT molecular complexity index is 388. The molecule has 1 atom stereocenters. The molecule has 1 rings (SSSR count). The van der Waals surface area contributed by atoms with E-state index in [0.29, 0.717) is 6.42 Å². The Morgan fingerprint density at radius 1 is 1.44 bits per heavy atom. The molecule has 88 valence electrons. The Morgan fingerprint density at radius 2 is 2.06 bits per heavy atom. The third-order valence-electron chi connectivity index (χ3n) is 2.53. The predicted molar refractivity (Wildman–Crippen MR) is 72.5 cm³/mol.